The molecule has 0 aliphatic carbocycles. The second-order valence-corrected chi connectivity index (χ2v) is 3.65. The van der Waals surface area contributed by atoms with Crippen molar-refractivity contribution in [2.24, 2.45) is 0 Å². The predicted octanol–water partition coefficient (Wildman–Crippen LogP) is 2.67. The van der Waals surface area contributed by atoms with Gasteiger partial charge in [0.1, 0.15) is 0 Å². The molecule has 0 saturated carbocycles. The van der Waals surface area contributed by atoms with E-state index in [1.807, 2.05) is 17.7 Å². The van der Waals surface area contributed by atoms with Crippen molar-refractivity contribution in [1.82, 2.24) is 20.0 Å². The van der Waals surface area contributed by atoms with Gasteiger partial charge in [-0.15, -0.1) is 10.2 Å². The third kappa shape index (κ3) is 1.96. The van der Waals surface area contributed by atoms with Crippen LogP contribution in [0, 0.1) is 0 Å². The number of rotatable bonds is 2. The molecule has 0 aliphatic heterocycles. The van der Waals surface area contributed by atoms with Crippen molar-refractivity contribution >= 4 is 23.2 Å². The molecule has 0 N–H and O–H groups in total. The van der Waals surface area contributed by atoms with Gasteiger partial charge >= 0.3 is 0 Å². The predicted molar refractivity (Wildman–Crippen MR) is 58.9 cm³/mol. The summed E-state index contributed by atoms with van der Waals surface area (Å²) in [5, 5.41) is 12.2. The van der Waals surface area contributed by atoms with Gasteiger partial charge in [-0.2, -0.15) is 5.10 Å². The third-order valence-corrected chi connectivity index (χ3v) is 2.47. The van der Waals surface area contributed by atoms with Crippen LogP contribution < -0.4 is 0 Å². The Labute approximate surface area is 96.8 Å². The van der Waals surface area contributed by atoms with Gasteiger partial charge in [-0.05, 0) is 19.1 Å². The minimum absolute atomic E-state index is 0.318. The van der Waals surface area contributed by atoms with E-state index < -0.39 is 0 Å². The fraction of sp³-hybridized carbons (Fsp3) is 0.222. The molecule has 0 aliphatic rings. The maximum Gasteiger partial charge on any atom is 0.161 e. The molecule has 0 fully saturated rings. The van der Waals surface area contributed by atoms with Crippen molar-refractivity contribution in [3.63, 3.8) is 0 Å². The Morgan fingerprint density at radius 3 is 2.87 bits per heavy atom. The second kappa shape index (κ2) is 4.16. The van der Waals surface area contributed by atoms with Crippen molar-refractivity contribution in [1.29, 1.82) is 0 Å². The van der Waals surface area contributed by atoms with Crippen LogP contribution in [0.1, 0.15) is 6.92 Å². The van der Waals surface area contributed by atoms with E-state index in [1.54, 1.807) is 12.3 Å². The number of nitrogens with zero attached hydrogens (tertiary/aromatic N) is 4. The van der Waals surface area contributed by atoms with Gasteiger partial charge in [0.25, 0.3) is 0 Å². The van der Waals surface area contributed by atoms with Gasteiger partial charge in [0.2, 0.25) is 0 Å². The van der Waals surface area contributed by atoms with Gasteiger partial charge in [0.15, 0.2) is 10.3 Å². The molecule has 6 heteroatoms. The normalized spacial score (nSPS) is 10.6. The van der Waals surface area contributed by atoms with E-state index in [9.17, 15) is 0 Å². The summed E-state index contributed by atoms with van der Waals surface area (Å²) in [6.07, 6.45) is 1.71. The van der Waals surface area contributed by atoms with Crippen LogP contribution in [0.5, 0.6) is 0 Å². The minimum atomic E-state index is 0.318. The Bertz CT molecular complexity index is 481. The highest BCUT2D eigenvalue weighted by molar-refractivity contribution is 6.33. The Morgan fingerprint density at radius 1 is 1.33 bits per heavy atom. The lowest BCUT2D eigenvalue weighted by atomic mass is 10.2. The largest absolute Gasteiger partial charge is 0.265 e. The van der Waals surface area contributed by atoms with Crippen LogP contribution in [0.3, 0.4) is 0 Å². The molecular formula is C9H8Cl2N4. The highest BCUT2D eigenvalue weighted by atomic mass is 35.5. The fourth-order valence-electron chi connectivity index (χ4n) is 1.35. The average molecular weight is 243 g/mol. The first-order valence-corrected chi connectivity index (χ1v) is 5.19. The highest BCUT2D eigenvalue weighted by Crippen LogP contribution is 2.27. The summed E-state index contributed by atoms with van der Waals surface area (Å²) < 4.78 is 1.82. The van der Waals surface area contributed by atoms with Gasteiger partial charge in [-0.1, -0.05) is 23.2 Å². The maximum absolute atomic E-state index is 5.94. The summed E-state index contributed by atoms with van der Waals surface area (Å²) in [5.41, 5.74) is 1.63. The first kappa shape index (κ1) is 10.4. The second-order valence-electron chi connectivity index (χ2n) is 2.90. The fourth-order valence-corrected chi connectivity index (χ4v) is 1.68. The van der Waals surface area contributed by atoms with Crippen LogP contribution in [0.15, 0.2) is 18.3 Å². The Kier molecular flexibility index (Phi) is 2.88. The van der Waals surface area contributed by atoms with E-state index in [4.69, 9.17) is 23.2 Å². The van der Waals surface area contributed by atoms with Crippen LogP contribution in [0.2, 0.25) is 10.3 Å². The summed E-state index contributed by atoms with van der Waals surface area (Å²) in [7, 11) is 0. The summed E-state index contributed by atoms with van der Waals surface area (Å²) in [4.78, 5) is 0. The molecular weight excluding hydrogens is 235 g/mol. The molecule has 2 aromatic rings. The number of halogens is 2. The van der Waals surface area contributed by atoms with Crippen LogP contribution >= 0.6 is 23.2 Å². The van der Waals surface area contributed by atoms with Crippen LogP contribution in [0.25, 0.3) is 11.3 Å². The quantitative estimate of drug-likeness (QED) is 0.814. The number of aromatic nitrogens is 4. The molecule has 0 saturated heterocycles. The van der Waals surface area contributed by atoms with Gasteiger partial charge in [-0.25, -0.2) is 0 Å². The van der Waals surface area contributed by atoms with Crippen LogP contribution in [-0.2, 0) is 6.54 Å². The molecule has 2 rings (SSSR count). The monoisotopic (exact) mass is 242 g/mol. The van der Waals surface area contributed by atoms with E-state index in [2.05, 4.69) is 15.3 Å². The van der Waals surface area contributed by atoms with E-state index >= 15 is 0 Å². The van der Waals surface area contributed by atoms with E-state index in [0.29, 0.717) is 10.3 Å². The lowest BCUT2D eigenvalue weighted by Gasteiger charge is -2.05. The summed E-state index contributed by atoms with van der Waals surface area (Å²) >= 11 is 11.7. The molecule has 0 amide bonds. The lowest BCUT2D eigenvalue weighted by Crippen LogP contribution is -2.00. The molecule has 0 aromatic carbocycles. The molecule has 78 valence electrons. The van der Waals surface area contributed by atoms with Crippen molar-refractivity contribution < 1.29 is 0 Å². The van der Waals surface area contributed by atoms with Crippen LogP contribution in [-0.4, -0.2) is 20.0 Å². The molecule has 0 bridgehead atoms. The van der Waals surface area contributed by atoms with Crippen molar-refractivity contribution in [2.75, 3.05) is 0 Å². The summed E-state index contributed by atoms with van der Waals surface area (Å²) in [6.45, 7) is 2.76. The van der Waals surface area contributed by atoms with E-state index in [1.165, 1.54) is 0 Å². The molecule has 0 spiro atoms. The molecule has 0 unspecified atom stereocenters. The Morgan fingerprint density at radius 2 is 2.13 bits per heavy atom. The van der Waals surface area contributed by atoms with Crippen LogP contribution in [0.4, 0.5) is 0 Å². The highest BCUT2D eigenvalue weighted by Gasteiger charge is 2.10. The summed E-state index contributed by atoms with van der Waals surface area (Å²) in [6, 6.07) is 3.54. The SMILES string of the molecule is CCn1nccc1-c1cc(Cl)nnc1Cl. The zero-order valence-corrected chi connectivity index (χ0v) is 9.50. The molecule has 0 radical (unpaired) electrons. The number of hydrogen-bond acceptors (Lipinski definition) is 3. The smallest absolute Gasteiger partial charge is 0.161 e. The Balaban J connectivity index is 2.58. The van der Waals surface area contributed by atoms with Crippen molar-refractivity contribution in [3.05, 3.63) is 28.6 Å². The zero-order valence-electron chi connectivity index (χ0n) is 7.98. The van der Waals surface area contributed by atoms with Gasteiger partial charge in [0.05, 0.1) is 5.69 Å². The maximum atomic E-state index is 5.94. The zero-order chi connectivity index (χ0) is 10.8. The standard InChI is InChI=1S/C9H8Cl2N4/c1-2-15-7(3-4-12-15)6-5-8(10)13-14-9(6)11/h3-5H,2H2,1H3. The number of hydrogen-bond donors (Lipinski definition) is 0. The molecule has 2 aromatic heterocycles. The topological polar surface area (TPSA) is 43.6 Å². The van der Waals surface area contributed by atoms with Crippen molar-refractivity contribution in [2.45, 2.75) is 13.5 Å². The average Bonchev–Trinajstić information content (AvgIpc) is 2.69. The van der Waals surface area contributed by atoms with Gasteiger partial charge < -0.3 is 0 Å². The molecule has 4 nitrogen and oxygen atoms in total. The van der Waals surface area contributed by atoms with E-state index in [-0.39, 0.29) is 0 Å². The first-order chi connectivity index (χ1) is 7.22. The van der Waals surface area contributed by atoms with E-state index in [0.717, 1.165) is 17.8 Å². The molecule has 15 heavy (non-hydrogen) atoms. The van der Waals surface area contributed by atoms with Gasteiger partial charge in [0, 0.05) is 18.3 Å². The van der Waals surface area contributed by atoms with Gasteiger partial charge in [-0.3, -0.25) is 4.68 Å². The minimum Gasteiger partial charge on any atom is -0.265 e. The first-order valence-electron chi connectivity index (χ1n) is 4.43. The Hall–Kier alpha value is -1.13. The number of aryl methyl sites for hydroxylation is 1. The third-order valence-electron chi connectivity index (χ3n) is 2.01. The summed E-state index contributed by atoms with van der Waals surface area (Å²) in [5.74, 6) is 0. The lowest BCUT2D eigenvalue weighted by molar-refractivity contribution is 0.667. The molecule has 0 atom stereocenters. The molecule has 2 heterocycles. The van der Waals surface area contributed by atoms with Crippen molar-refractivity contribution in [3.8, 4) is 11.3 Å².